The van der Waals surface area contributed by atoms with Crippen LogP contribution in [0.4, 0.5) is 0 Å². The van der Waals surface area contributed by atoms with Gasteiger partial charge in [-0.1, -0.05) is 41.5 Å². The number of rotatable bonds is 1. The van der Waals surface area contributed by atoms with Crippen molar-refractivity contribution in [2.75, 3.05) is 6.61 Å². The zero-order chi connectivity index (χ0) is 24.5. The maximum absolute atomic E-state index is 13.4. The van der Waals surface area contributed by atoms with Gasteiger partial charge in [0.1, 0.15) is 6.10 Å². The third-order valence-corrected chi connectivity index (χ3v) is 14.2. The molecule has 0 amide bonds. The summed E-state index contributed by atoms with van der Waals surface area (Å²) in [6.07, 6.45) is 9.28. The van der Waals surface area contributed by atoms with Gasteiger partial charge < -0.3 is 14.9 Å². The molecular weight excluding hydrogens is 424 g/mol. The van der Waals surface area contributed by atoms with Crippen LogP contribution in [0.5, 0.6) is 0 Å². The molecule has 12 atom stereocenters. The van der Waals surface area contributed by atoms with Gasteiger partial charge in [-0.05, 0) is 103 Å². The SMILES string of the molecule is C[C@@H]1[C@H](C)[C@@H]2C[C@@]3(CC[C@]4(CO)[C@H](CC[C@@H]5[C@@]6(C)CC[C@@H](O)C(C)(C)[C@@H]6CC[C@]54C)[C@H]13)C(=O)O2. The molecule has 5 aliphatic carbocycles. The number of fused-ring (bicyclic) bond motifs is 7. The number of carbonyl (C=O) groups excluding carboxylic acids is 1. The lowest BCUT2D eigenvalue weighted by Crippen LogP contribution is -2.69. The van der Waals surface area contributed by atoms with Crippen molar-refractivity contribution in [3.8, 4) is 0 Å². The van der Waals surface area contributed by atoms with E-state index in [9.17, 15) is 15.0 Å². The van der Waals surface area contributed by atoms with Crippen LogP contribution < -0.4 is 0 Å². The molecule has 2 bridgehead atoms. The maximum Gasteiger partial charge on any atom is 0.312 e. The monoisotopic (exact) mass is 472 g/mol. The Labute approximate surface area is 206 Å². The van der Waals surface area contributed by atoms with Crippen LogP contribution in [0, 0.1) is 62.6 Å². The van der Waals surface area contributed by atoms with Gasteiger partial charge >= 0.3 is 5.97 Å². The van der Waals surface area contributed by atoms with Gasteiger partial charge in [-0.15, -0.1) is 0 Å². The van der Waals surface area contributed by atoms with Gasteiger partial charge in [0, 0.05) is 18.4 Å². The van der Waals surface area contributed by atoms with E-state index in [4.69, 9.17) is 4.74 Å². The second-order valence-corrected chi connectivity index (χ2v) is 15.0. The summed E-state index contributed by atoms with van der Waals surface area (Å²) in [6.45, 7) is 14.6. The molecule has 4 nitrogen and oxygen atoms in total. The summed E-state index contributed by atoms with van der Waals surface area (Å²) < 4.78 is 6.00. The molecule has 0 aromatic heterocycles. The summed E-state index contributed by atoms with van der Waals surface area (Å²) in [5.74, 6) is 2.78. The highest BCUT2D eigenvalue weighted by molar-refractivity contribution is 5.80. The number of hydrogen-bond acceptors (Lipinski definition) is 4. The van der Waals surface area contributed by atoms with Crippen molar-refractivity contribution in [1.82, 2.24) is 0 Å². The molecule has 0 radical (unpaired) electrons. The Morgan fingerprint density at radius 2 is 1.65 bits per heavy atom. The van der Waals surface area contributed by atoms with E-state index in [2.05, 4.69) is 41.5 Å². The van der Waals surface area contributed by atoms with Crippen molar-refractivity contribution in [2.45, 2.75) is 112 Å². The summed E-state index contributed by atoms with van der Waals surface area (Å²) in [5.41, 5.74) is -0.173. The smallest absolute Gasteiger partial charge is 0.312 e. The van der Waals surface area contributed by atoms with E-state index < -0.39 is 0 Å². The van der Waals surface area contributed by atoms with E-state index in [1.54, 1.807) is 0 Å². The van der Waals surface area contributed by atoms with Gasteiger partial charge in [-0.3, -0.25) is 4.79 Å². The summed E-state index contributed by atoms with van der Waals surface area (Å²) >= 11 is 0. The van der Waals surface area contributed by atoms with Gasteiger partial charge in [0.2, 0.25) is 0 Å². The molecule has 1 spiro atoms. The van der Waals surface area contributed by atoms with Crippen LogP contribution in [0.25, 0.3) is 0 Å². The highest BCUT2D eigenvalue weighted by Gasteiger charge is 2.74. The fourth-order valence-corrected chi connectivity index (χ4v) is 12.2. The zero-order valence-electron chi connectivity index (χ0n) is 22.4. The highest BCUT2D eigenvalue weighted by Crippen LogP contribution is 2.77. The molecule has 1 heterocycles. The lowest BCUT2D eigenvalue weighted by atomic mass is 9.31. The number of aliphatic hydroxyl groups excluding tert-OH is 2. The van der Waals surface area contributed by atoms with Crippen LogP contribution in [0.1, 0.15) is 99.3 Å². The topological polar surface area (TPSA) is 66.8 Å². The summed E-state index contributed by atoms with van der Waals surface area (Å²) in [6, 6.07) is 0. The van der Waals surface area contributed by atoms with Crippen molar-refractivity contribution in [1.29, 1.82) is 0 Å². The number of ether oxygens (including phenoxy) is 1. The van der Waals surface area contributed by atoms with E-state index in [1.165, 1.54) is 6.42 Å². The molecule has 192 valence electrons. The molecule has 0 aromatic carbocycles. The Bertz CT molecular complexity index is 883. The summed E-state index contributed by atoms with van der Waals surface area (Å²) in [5, 5.41) is 22.2. The molecular formula is C30H48O4. The Balaban J connectivity index is 1.43. The fraction of sp³-hybridized carbons (Fsp3) is 0.967. The predicted molar refractivity (Wildman–Crippen MR) is 132 cm³/mol. The van der Waals surface area contributed by atoms with Crippen LogP contribution in [0.3, 0.4) is 0 Å². The first-order valence-electron chi connectivity index (χ1n) is 14.4. The first-order valence-corrected chi connectivity index (χ1v) is 14.4. The first kappa shape index (κ1) is 23.8. The van der Waals surface area contributed by atoms with Crippen LogP contribution >= 0.6 is 0 Å². The maximum atomic E-state index is 13.4. The summed E-state index contributed by atoms with van der Waals surface area (Å²) in [7, 11) is 0. The highest BCUT2D eigenvalue weighted by atomic mass is 16.6. The van der Waals surface area contributed by atoms with Crippen molar-refractivity contribution in [3.05, 3.63) is 0 Å². The molecule has 2 N–H and O–H groups in total. The van der Waals surface area contributed by atoms with Gasteiger partial charge in [0.25, 0.3) is 0 Å². The summed E-state index contributed by atoms with van der Waals surface area (Å²) in [4.78, 5) is 13.4. The Morgan fingerprint density at radius 3 is 2.35 bits per heavy atom. The van der Waals surface area contributed by atoms with E-state index in [-0.39, 0.29) is 51.9 Å². The molecule has 6 aliphatic rings. The third-order valence-electron chi connectivity index (χ3n) is 14.2. The molecule has 1 aliphatic heterocycles. The number of carbonyl (C=O) groups is 1. The van der Waals surface area contributed by atoms with E-state index in [0.717, 1.165) is 51.4 Å². The number of aliphatic hydroxyl groups is 2. The zero-order valence-corrected chi connectivity index (χ0v) is 22.4. The predicted octanol–water partition coefficient (Wildman–Crippen LogP) is 5.59. The molecule has 34 heavy (non-hydrogen) atoms. The second kappa shape index (κ2) is 7.03. The minimum absolute atomic E-state index is 0.0515. The molecule has 1 saturated heterocycles. The molecule has 6 rings (SSSR count). The van der Waals surface area contributed by atoms with Crippen LogP contribution in [-0.4, -0.2) is 35.0 Å². The molecule has 4 heteroatoms. The van der Waals surface area contributed by atoms with Gasteiger partial charge in [-0.25, -0.2) is 0 Å². The van der Waals surface area contributed by atoms with E-state index in [1.807, 2.05) is 0 Å². The minimum Gasteiger partial charge on any atom is -0.462 e. The van der Waals surface area contributed by atoms with Gasteiger partial charge in [0.15, 0.2) is 0 Å². The molecule has 0 aromatic rings. The Kier molecular flexibility index (Phi) is 4.91. The molecule has 5 saturated carbocycles. The third kappa shape index (κ3) is 2.47. The van der Waals surface area contributed by atoms with Gasteiger partial charge in [0.05, 0.1) is 11.5 Å². The van der Waals surface area contributed by atoms with Gasteiger partial charge in [-0.2, -0.15) is 0 Å². The Morgan fingerprint density at radius 1 is 0.912 bits per heavy atom. The molecule has 0 unspecified atom stereocenters. The minimum atomic E-state index is -0.304. The van der Waals surface area contributed by atoms with Crippen LogP contribution in [0.2, 0.25) is 0 Å². The Hall–Kier alpha value is -0.610. The standard InChI is InChI=1S/C30H48O4/c1-17-18(2)24-19-7-8-22-27(5)11-10-23(32)26(3,4)21(27)9-12-28(22,6)30(19,16-31)14-13-29(24)15-20(17)34-25(29)33/h17-24,31-32H,7-16H2,1-6H3/t17-,18+,19+,20-,21-,22+,23+,24-,27-,28+,29+,30-/m0/s1. The van der Waals surface area contributed by atoms with E-state index >= 15 is 0 Å². The van der Waals surface area contributed by atoms with Crippen LogP contribution in [0.15, 0.2) is 0 Å². The van der Waals surface area contributed by atoms with Crippen LogP contribution in [-0.2, 0) is 9.53 Å². The van der Waals surface area contributed by atoms with Crippen molar-refractivity contribution >= 4 is 5.97 Å². The number of hydrogen-bond donors (Lipinski definition) is 2. The average molecular weight is 473 g/mol. The quantitative estimate of drug-likeness (QED) is 0.488. The van der Waals surface area contributed by atoms with E-state index in [0.29, 0.717) is 35.5 Å². The fourth-order valence-electron chi connectivity index (χ4n) is 12.2. The van der Waals surface area contributed by atoms with Crippen molar-refractivity contribution < 1.29 is 19.7 Å². The van der Waals surface area contributed by atoms with Crippen molar-refractivity contribution in [3.63, 3.8) is 0 Å². The lowest BCUT2D eigenvalue weighted by Gasteiger charge is -2.73. The average Bonchev–Trinajstić information content (AvgIpc) is 3.08. The molecule has 6 fully saturated rings. The van der Waals surface area contributed by atoms with Crippen molar-refractivity contribution in [2.24, 2.45) is 62.6 Å². The second-order valence-electron chi connectivity index (χ2n) is 15.0. The first-order chi connectivity index (χ1) is 15.9. The number of esters is 1. The lowest BCUT2D eigenvalue weighted by molar-refractivity contribution is -0.267. The largest absolute Gasteiger partial charge is 0.462 e. The normalized spacial score (nSPS) is 59.8.